The van der Waals surface area contributed by atoms with E-state index >= 15 is 0 Å². The zero-order valence-electron chi connectivity index (χ0n) is 13.7. The van der Waals surface area contributed by atoms with E-state index in [2.05, 4.69) is 11.1 Å². The second kappa shape index (κ2) is 7.04. The number of hydrogen-bond acceptors (Lipinski definition) is 4. The highest BCUT2D eigenvalue weighted by Crippen LogP contribution is 2.29. The van der Waals surface area contributed by atoms with Crippen LogP contribution < -0.4 is 4.90 Å². The van der Waals surface area contributed by atoms with E-state index in [9.17, 15) is 18.0 Å². The second-order valence-corrected chi connectivity index (χ2v) is 5.87. The van der Waals surface area contributed by atoms with Crippen molar-refractivity contribution in [1.82, 2.24) is 9.88 Å². The highest BCUT2D eigenvalue weighted by atomic mass is 19.4. The number of hydrogen-bond donors (Lipinski definition) is 0. The van der Waals surface area contributed by atoms with Gasteiger partial charge in [0.1, 0.15) is 5.82 Å². The molecule has 1 fully saturated rings. The molecule has 1 aromatic carbocycles. The Morgan fingerprint density at radius 3 is 2.31 bits per heavy atom. The maximum atomic E-state index is 12.6. The zero-order chi connectivity index (χ0) is 18.7. The number of alkyl halides is 3. The smallest absolute Gasteiger partial charge is 0.353 e. The molecule has 5 nitrogen and oxygen atoms in total. The number of anilines is 1. The van der Waals surface area contributed by atoms with Crippen LogP contribution in [0.5, 0.6) is 0 Å². The molecule has 1 amide bonds. The molecule has 2 heterocycles. The third-order valence-electron chi connectivity index (χ3n) is 4.22. The van der Waals surface area contributed by atoms with Crippen LogP contribution in [0.15, 0.2) is 42.6 Å². The fraction of sp³-hybridized carbons (Fsp3) is 0.278. The molecule has 0 radical (unpaired) electrons. The van der Waals surface area contributed by atoms with Gasteiger partial charge >= 0.3 is 6.18 Å². The average Bonchev–Trinajstić information content (AvgIpc) is 2.67. The molecule has 1 saturated heterocycles. The molecule has 134 valence electrons. The lowest BCUT2D eigenvalue weighted by Crippen LogP contribution is -2.49. The van der Waals surface area contributed by atoms with Crippen LogP contribution in [-0.2, 0) is 6.18 Å². The number of halogens is 3. The molecule has 0 saturated carbocycles. The molecule has 0 unspecified atom stereocenters. The predicted molar refractivity (Wildman–Crippen MR) is 88.5 cm³/mol. The van der Waals surface area contributed by atoms with Crippen LogP contribution in [0, 0.1) is 11.3 Å². The first-order valence-electron chi connectivity index (χ1n) is 7.96. The highest BCUT2D eigenvalue weighted by molar-refractivity contribution is 5.94. The van der Waals surface area contributed by atoms with E-state index in [0.29, 0.717) is 37.6 Å². The fourth-order valence-corrected chi connectivity index (χ4v) is 2.78. The Labute approximate surface area is 148 Å². The van der Waals surface area contributed by atoms with Crippen LogP contribution >= 0.6 is 0 Å². The minimum atomic E-state index is -4.42. The van der Waals surface area contributed by atoms with Gasteiger partial charge in [-0.3, -0.25) is 4.79 Å². The molecule has 1 aliphatic rings. The summed E-state index contributed by atoms with van der Waals surface area (Å²) in [5, 5.41) is 8.95. The van der Waals surface area contributed by atoms with Gasteiger partial charge in [-0.2, -0.15) is 18.4 Å². The molecule has 0 atom stereocenters. The summed E-state index contributed by atoms with van der Waals surface area (Å²) in [6.45, 7) is 1.93. The van der Waals surface area contributed by atoms with Gasteiger partial charge in [-0.25, -0.2) is 4.98 Å². The molecule has 1 aromatic heterocycles. The van der Waals surface area contributed by atoms with Crippen molar-refractivity contribution < 1.29 is 18.0 Å². The minimum absolute atomic E-state index is 0.232. The maximum absolute atomic E-state index is 12.6. The van der Waals surface area contributed by atoms with Gasteiger partial charge in [0.2, 0.25) is 0 Å². The number of nitrogens with zero attached hydrogens (tertiary/aromatic N) is 4. The summed E-state index contributed by atoms with van der Waals surface area (Å²) in [7, 11) is 0. The van der Waals surface area contributed by atoms with Gasteiger partial charge in [0.15, 0.2) is 0 Å². The highest BCUT2D eigenvalue weighted by Gasteiger charge is 2.30. The second-order valence-electron chi connectivity index (χ2n) is 5.87. The number of piperazine rings is 1. The molecule has 1 aliphatic heterocycles. The number of aromatic nitrogens is 1. The number of carbonyl (C=O) groups is 1. The summed E-state index contributed by atoms with van der Waals surface area (Å²) in [4.78, 5) is 20.3. The molecule has 0 spiro atoms. The molecule has 0 aliphatic carbocycles. The van der Waals surface area contributed by atoms with Crippen molar-refractivity contribution in [1.29, 1.82) is 5.26 Å². The summed E-state index contributed by atoms with van der Waals surface area (Å²) in [5.41, 5.74) is -0.0309. The molecule has 0 N–H and O–H groups in total. The van der Waals surface area contributed by atoms with Crippen molar-refractivity contribution in [2.75, 3.05) is 31.1 Å². The van der Waals surface area contributed by atoms with Gasteiger partial charge in [-0.15, -0.1) is 0 Å². The van der Waals surface area contributed by atoms with Crippen LogP contribution in [0.4, 0.5) is 19.0 Å². The quantitative estimate of drug-likeness (QED) is 0.826. The van der Waals surface area contributed by atoms with Crippen molar-refractivity contribution in [3.63, 3.8) is 0 Å². The number of amides is 1. The lowest BCUT2D eigenvalue weighted by Gasteiger charge is -2.35. The molecule has 8 heteroatoms. The first-order chi connectivity index (χ1) is 12.4. The third-order valence-corrected chi connectivity index (χ3v) is 4.22. The van der Waals surface area contributed by atoms with Crippen LogP contribution in [0.1, 0.15) is 21.5 Å². The molecular weight excluding hydrogens is 345 g/mol. The van der Waals surface area contributed by atoms with Gasteiger partial charge in [0, 0.05) is 37.9 Å². The summed E-state index contributed by atoms with van der Waals surface area (Å²) < 4.78 is 37.8. The van der Waals surface area contributed by atoms with E-state index < -0.39 is 11.7 Å². The van der Waals surface area contributed by atoms with Gasteiger partial charge in [0.25, 0.3) is 5.91 Å². The van der Waals surface area contributed by atoms with Crippen LogP contribution in [0.2, 0.25) is 0 Å². The van der Waals surface area contributed by atoms with Crippen molar-refractivity contribution in [3.05, 3.63) is 59.3 Å². The lowest BCUT2D eigenvalue weighted by molar-refractivity contribution is -0.137. The Balaban J connectivity index is 1.64. The number of nitriles is 1. The lowest BCUT2D eigenvalue weighted by atomic mass is 10.1. The van der Waals surface area contributed by atoms with Crippen LogP contribution in [0.3, 0.4) is 0 Å². The van der Waals surface area contributed by atoms with Crippen molar-refractivity contribution in [3.8, 4) is 6.07 Å². The Bertz CT molecular complexity index is 835. The van der Waals surface area contributed by atoms with Gasteiger partial charge in [-0.05, 0) is 36.4 Å². The number of benzene rings is 1. The van der Waals surface area contributed by atoms with Gasteiger partial charge in [-0.1, -0.05) is 0 Å². The first kappa shape index (κ1) is 17.7. The maximum Gasteiger partial charge on any atom is 0.416 e. The number of rotatable bonds is 2. The minimum Gasteiger partial charge on any atom is -0.353 e. The van der Waals surface area contributed by atoms with Gasteiger partial charge in [0.05, 0.1) is 17.2 Å². The Morgan fingerprint density at radius 2 is 1.73 bits per heavy atom. The van der Waals surface area contributed by atoms with E-state index in [1.807, 2.05) is 4.90 Å². The number of pyridine rings is 1. The average molecular weight is 360 g/mol. The van der Waals surface area contributed by atoms with Crippen molar-refractivity contribution in [2.24, 2.45) is 0 Å². The van der Waals surface area contributed by atoms with Crippen LogP contribution in [0.25, 0.3) is 0 Å². The Hall–Kier alpha value is -3.08. The molecule has 3 rings (SSSR count). The van der Waals surface area contributed by atoms with E-state index in [1.165, 1.54) is 12.1 Å². The predicted octanol–water partition coefficient (Wildman–Crippen LogP) is 2.93. The molecular formula is C18H15F3N4O. The fourth-order valence-electron chi connectivity index (χ4n) is 2.78. The monoisotopic (exact) mass is 360 g/mol. The Morgan fingerprint density at radius 1 is 1.08 bits per heavy atom. The van der Waals surface area contributed by atoms with Gasteiger partial charge < -0.3 is 9.80 Å². The molecule has 0 bridgehead atoms. The standard InChI is InChI=1S/C18H15F3N4O/c19-18(20,21)15-3-1-14(2-4-15)17(26)25-9-7-24(8-10-25)16-11-13(12-22)5-6-23-16/h1-6,11H,7-10H2. The van der Waals surface area contributed by atoms with Crippen LogP contribution in [-0.4, -0.2) is 42.0 Å². The summed E-state index contributed by atoms with van der Waals surface area (Å²) in [6, 6.07) is 9.61. The van der Waals surface area contributed by atoms with Crippen molar-refractivity contribution >= 4 is 11.7 Å². The largest absolute Gasteiger partial charge is 0.416 e. The molecule has 26 heavy (non-hydrogen) atoms. The van der Waals surface area contributed by atoms with E-state index in [1.54, 1.807) is 23.2 Å². The first-order valence-corrected chi connectivity index (χ1v) is 7.96. The molecule has 2 aromatic rings. The Kier molecular flexibility index (Phi) is 4.80. The topological polar surface area (TPSA) is 60.2 Å². The number of carbonyl (C=O) groups excluding carboxylic acids is 1. The van der Waals surface area contributed by atoms with E-state index in [4.69, 9.17) is 5.26 Å². The van der Waals surface area contributed by atoms with E-state index in [-0.39, 0.29) is 11.5 Å². The van der Waals surface area contributed by atoms with E-state index in [0.717, 1.165) is 12.1 Å². The normalized spacial score (nSPS) is 14.8. The SMILES string of the molecule is N#Cc1ccnc(N2CCN(C(=O)c3ccc(C(F)(F)F)cc3)CC2)c1. The van der Waals surface area contributed by atoms with Crippen molar-refractivity contribution in [2.45, 2.75) is 6.18 Å². The zero-order valence-corrected chi connectivity index (χ0v) is 13.7. The third kappa shape index (κ3) is 3.77. The summed E-state index contributed by atoms with van der Waals surface area (Å²) in [6.07, 6.45) is -2.86. The summed E-state index contributed by atoms with van der Waals surface area (Å²) in [5.74, 6) is 0.378. The summed E-state index contributed by atoms with van der Waals surface area (Å²) >= 11 is 0.